The van der Waals surface area contributed by atoms with Crippen molar-refractivity contribution in [3.63, 3.8) is 0 Å². The summed E-state index contributed by atoms with van der Waals surface area (Å²) in [7, 11) is 1.65. The van der Waals surface area contributed by atoms with Crippen molar-refractivity contribution in [3.8, 4) is 11.4 Å². The molecular formula is C19H17ClF2N6O2S. The number of rotatable bonds is 6. The van der Waals surface area contributed by atoms with E-state index >= 15 is 0 Å². The molecular weight excluding hydrogens is 450 g/mol. The summed E-state index contributed by atoms with van der Waals surface area (Å²) in [6.45, 7) is 0. The molecule has 1 saturated carbocycles. The number of halogens is 3. The molecule has 1 amide bonds. The fourth-order valence-electron chi connectivity index (χ4n) is 3.77. The summed E-state index contributed by atoms with van der Waals surface area (Å²) in [5.41, 5.74) is 1.28. The van der Waals surface area contributed by atoms with E-state index in [9.17, 15) is 18.4 Å². The van der Waals surface area contributed by atoms with Gasteiger partial charge in [0.2, 0.25) is 17.7 Å². The van der Waals surface area contributed by atoms with Crippen molar-refractivity contribution < 1.29 is 18.4 Å². The van der Waals surface area contributed by atoms with E-state index in [4.69, 9.17) is 11.6 Å². The minimum Gasteiger partial charge on any atom is -0.301 e. The van der Waals surface area contributed by atoms with Crippen LogP contribution in [0.3, 0.4) is 0 Å². The fraction of sp³-hybridized carbons (Fsp3) is 0.368. The van der Waals surface area contributed by atoms with Gasteiger partial charge in [-0.25, -0.2) is 13.8 Å². The Morgan fingerprint density at radius 2 is 2.13 bits per heavy atom. The summed E-state index contributed by atoms with van der Waals surface area (Å²) in [6, 6.07) is 6.87. The van der Waals surface area contributed by atoms with Gasteiger partial charge in [-0.3, -0.25) is 9.59 Å². The molecule has 0 bridgehead atoms. The molecule has 1 aliphatic rings. The molecule has 0 spiro atoms. The second-order valence-electron chi connectivity index (χ2n) is 7.34. The lowest BCUT2D eigenvalue weighted by Gasteiger charge is -2.23. The standard InChI is InChI=1S/C19H17ClF2N6O2S/c1-28-26-16(25-27-28)11-4-2-10(3-5-11)14(12-6-7-19(21,22)8-12)17(30)24-18-23-15(20)13(9-29)31-18/h2-5,9,12,14H,6-8H2,1H3,(H,23,24,30)/t12-,14+/m0/s1. The molecule has 0 radical (unpaired) electrons. The third-order valence-electron chi connectivity index (χ3n) is 5.18. The van der Waals surface area contributed by atoms with Crippen molar-refractivity contribution in [3.05, 3.63) is 39.9 Å². The Morgan fingerprint density at radius 3 is 2.68 bits per heavy atom. The number of benzene rings is 1. The van der Waals surface area contributed by atoms with E-state index in [0.29, 0.717) is 23.2 Å². The van der Waals surface area contributed by atoms with Crippen LogP contribution in [-0.4, -0.2) is 43.3 Å². The fourth-order valence-corrected chi connectivity index (χ4v) is 4.74. The number of aryl methyl sites for hydroxylation is 1. The van der Waals surface area contributed by atoms with E-state index in [1.54, 1.807) is 31.3 Å². The number of tetrazole rings is 1. The van der Waals surface area contributed by atoms with Gasteiger partial charge in [0.05, 0.1) is 13.0 Å². The van der Waals surface area contributed by atoms with Gasteiger partial charge in [0.1, 0.15) is 4.88 Å². The zero-order valence-corrected chi connectivity index (χ0v) is 17.8. The maximum atomic E-state index is 13.9. The molecule has 2 atom stereocenters. The van der Waals surface area contributed by atoms with E-state index in [-0.39, 0.29) is 34.4 Å². The number of alkyl halides is 2. The quantitative estimate of drug-likeness (QED) is 0.552. The third kappa shape index (κ3) is 4.62. The van der Waals surface area contributed by atoms with Gasteiger partial charge >= 0.3 is 0 Å². The number of amides is 1. The van der Waals surface area contributed by atoms with Crippen molar-refractivity contribution in [2.45, 2.75) is 31.1 Å². The van der Waals surface area contributed by atoms with Crippen LogP contribution >= 0.6 is 22.9 Å². The van der Waals surface area contributed by atoms with Crippen LogP contribution < -0.4 is 5.32 Å². The van der Waals surface area contributed by atoms with Crippen LogP contribution in [0.5, 0.6) is 0 Å². The lowest BCUT2D eigenvalue weighted by molar-refractivity contribution is -0.118. The van der Waals surface area contributed by atoms with E-state index in [1.165, 1.54) is 4.80 Å². The van der Waals surface area contributed by atoms with Crippen molar-refractivity contribution in [1.82, 2.24) is 25.2 Å². The molecule has 162 valence electrons. The number of nitrogens with one attached hydrogen (secondary N) is 1. The summed E-state index contributed by atoms with van der Waals surface area (Å²) in [5.74, 6) is -4.23. The number of hydrogen-bond acceptors (Lipinski definition) is 7. The minimum absolute atomic E-state index is 0.0138. The Hall–Kier alpha value is -2.79. The molecule has 0 aliphatic heterocycles. The van der Waals surface area contributed by atoms with Crippen LogP contribution in [-0.2, 0) is 11.8 Å². The van der Waals surface area contributed by atoms with Crippen LogP contribution in [0.15, 0.2) is 24.3 Å². The predicted octanol–water partition coefficient (Wildman–Crippen LogP) is 3.96. The van der Waals surface area contributed by atoms with E-state index in [2.05, 4.69) is 25.7 Å². The minimum atomic E-state index is -2.80. The highest BCUT2D eigenvalue weighted by atomic mass is 35.5. The number of nitrogens with zero attached hydrogens (tertiary/aromatic N) is 5. The Kier molecular flexibility index (Phi) is 5.80. The number of hydrogen-bond donors (Lipinski definition) is 1. The van der Waals surface area contributed by atoms with Crippen molar-refractivity contribution in [1.29, 1.82) is 0 Å². The average Bonchev–Trinajstić information content (AvgIpc) is 3.41. The van der Waals surface area contributed by atoms with Crippen molar-refractivity contribution in [2.75, 3.05) is 5.32 Å². The van der Waals surface area contributed by atoms with Crippen LogP contribution in [0.1, 0.15) is 40.4 Å². The van der Waals surface area contributed by atoms with E-state index < -0.39 is 23.7 Å². The maximum absolute atomic E-state index is 13.9. The lowest BCUT2D eigenvalue weighted by atomic mass is 9.83. The molecule has 8 nitrogen and oxygen atoms in total. The molecule has 2 aromatic heterocycles. The monoisotopic (exact) mass is 466 g/mol. The predicted molar refractivity (Wildman–Crippen MR) is 110 cm³/mol. The average molecular weight is 467 g/mol. The second kappa shape index (κ2) is 8.39. The number of carbonyl (C=O) groups excluding carboxylic acids is 2. The van der Waals surface area contributed by atoms with Crippen LogP contribution in [0.25, 0.3) is 11.4 Å². The van der Waals surface area contributed by atoms with Gasteiger partial charge in [-0.15, -0.1) is 10.2 Å². The zero-order chi connectivity index (χ0) is 22.2. The van der Waals surface area contributed by atoms with Gasteiger partial charge in [-0.05, 0) is 23.1 Å². The summed E-state index contributed by atoms with van der Waals surface area (Å²) in [5, 5.41) is 14.6. The van der Waals surface area contributed by atoms with E-state index in [0.717, 1.165) is 11.3 Å². The first-order valence-electron chi connectivity index (χ1n) is 9.40. The first-order chi connectivity index (χ1) is 14.8. The van der Waals surface area contributed by atoms with Gasteiger partial charge in [0, 0.05) is 18.4 Å². The number of aromatic nitrogens is 5. The zero-order valence-electron chi connectivity index (χ0n) is 16.3. The lowest BCUT2D eigenvalue weighted by Crippen LogP contribution is -2.27. The van der Waals surface area contributed by atoms with Gasteiger partial charge in [-0.1, -0.05) is 47.2 Å². The summed E-state index contributed by atoms with van der Waals surface area (Å²) < 4.78 is 27.9. The highest BCUT2D eigenvalue weighted by Crippen LogP contribution is 2.46. The molecule has 0 saturated heterocycles. The molecule has 3 aromatic rings. The highest BCUT2D eigenvalue weighted by Gasteiger charge is 2.45. The van der Waals surface area contributed by atoms with Crippen LogP contribution in [0.4, 0.5) is 13.9 Å². The van der Waals surface area contributed by atoms with Crippen LogP contribution in [0.2, 0.25) is 5.15 Å². The Labute approximate surface area is 184 Å². The Bertz CT molecular complexity index is 1120. The largest absolute Gasteiger partial charge is 0.301 e. The maximum Gasteiger partial charge on any atom is 0.248 e. The van der Waals surface area contributed by atoms with Crippen molar-refractivity contribution >= 4 is 40.3 Å². The topological polar surface area (TPSA) is 103 Å². The third-order valence-corrected chi connectivity index (χ3v) is 6.48. The van der Waals surface area contributed by atoms with Gasteiger partial charge in [0.25, 0.3) is 0 Å². The molecule has 1 aliphatic carbocycles. The smallest absolute Gasteiger partial charge is 0.248 e. The van der Waals surface area contributed by atoms with Gasteiger partial charge in [-0.2, -0.15) is 4.80 Å². The summed E-state index contributed by atoms with van der Waals surface area (Å²) in [6.07, 6.45) is 0.124. The molecule has 1 fully saturated rings. The van der Waals surface area contributed by atoms with Crippen LogP contribution in [0, 0.1) is 5.92 Å². The molecule has 31 heavy (non-hydrogen) atoms. The van der Waals surface area contributed by atoms with Gasteiger partial charge in [0.15, 0.2) is 16.6 Å². The first-order valence-corrected chi connectivity index (χ1v) is 10.6. The number of carbonyl (C=O) groups is 2. The molecule has 0 unspecified atom stereocenters. The van der Waals surface area contributed by atoms with Gasteiger partial charge < -0.3 is 5.32 Å². The second-order valence-corrected chi connectivity index (χ2v) is 8.73. The van der Waals surface area contributed by atoms with Crippen molar-refractivity contribution in [2.24, 2.45) is 13.0 Å². The SMILES string of the molecule is Cn1nnc(-c2ccc([C@@H](C(=O)Nc3nc(Cl)c(C=O)s3)[C@H]3CCC(F)(F)C3)cc2)n1. The molecule has 1 N–H and O–H groups in total. The molecule has 2 heterocycles. The molecule has 1 aromatic carbocycles. The Morgan fingerprint density at radius 1 is 1.39 bits per heavy atom. The molecule has 4 rings (SSSR count). The highest BCUT2D eigenvalue weighted by molar-refractivity contribution is 7.17. The molecule has 12 heteroatoms. The number of anilines is 1. The number of thiazole rings is 1. The summed E-state index contributed by atoms with van der Waals surface area (Å²) >= 11 is 6.79. The normalized spacial score (nSPS) is 18.6. The Balaban J connectivity index is 1.62. The summed E-state index contributed by atoms with van der Waals surface area (Å²) in [4.78, 5) is 29.6. The van der Waals surface area contributed by atoms with E-state index in [1.807, 2.05) is 0 Å². The number of aldehydes is 1. The first kappa shape index (κ1) is 21.4.